The van der Waals surface area contributed by atoms with Crippen molar-refractivity contribution in [1.82, 2.24) is 10.3 Å². The van der Waals surface area contributed by atoms with Crippen LogP contribution in [0.15, 0.2) is 34.4 Å². The summed E-state index contributed by atoms with van der Waals surface area (Å²) in [5.41, 5.74) is 0.582. The summed E-state index contributed by atoms with van der Waals surface area (Å²) in [5.74, 6) is 0.755. The first-order valence-electron chi connectivity index (χ1n) is 6.20. The largest absolute Gasteiger partial charge is 0.298 e. The summed E-state index contributed by atoms with van der Waals surface area (Å²) in [7, 11) is 0. The molecule has 0 aliphatic carbocycles. The smallest absolute Gasteiger partial charge is 0.276 e. The molecule has 6 heteroatoms. The molecule has 0 radical (unpaired) electrons. The number of hydrogen-bond donors (Lipinski definition) is 1. The molecule has 2 aliphatic heterocycles. The Bertz CT molecular complexity index is 682. The van der Waals surface area contributed by atoms with Crippen LogP contribution in [0.2, 0.25) is 0 Å². The van der Waals surface area contributed by atoms with Gasteiger partial charge in [-0.2, -0.15) is 0 Å². The van der Waals surface area contributed by atoms with Crippen LogP contribution in [0.4, 0.5) is 0 Å². The fraction of sp³-hybridized carbons (Fsp3) is 0.308. The molecule has 2 aliphatic rings. The lowest BCUT2D eigenvalue weighted by molar-refractivity contribution is -0.116. The molecule has 5 nitrogen and oxygen atoms in total. The van der Waals surface area contributed by atoms with Crippen molar-refractivity contribution in [2.75, 3.05) is 5.75 Å². The molecular formula is C13H14N4OS. The number of carbonyl (C=O) groups is 1. The lowest BCUT2D eigenvalue weighted by Gasteiger charge is -2.32. The number of rotatable bonds is 1. The molecule has 1 N–H and O–H groups in total. The van der Waals surface area contributed by atoms with E-state index < -0.39 is 0 Å². The van der Waals surface area contributed by atoms with Crippen LogP contribution in [0, 0.1) is 0 Å². The summed E-state index contributed by atoms with van der Waals surface area (Å²) < 4.78 is 0. The van der Waals surface area contributed by atoms with Crippen LogP contribution in [-0.4, -0.2) is 28.0 Å². The normalized spacial score (nSPS) is 21.1. The second kappa shape index (κ2) is 4.70. The third kappa shape index (κ3) is 2.02. The molecule has 0 bridgehead atoms. The minimum Gasteiger partial charge on any atom is -0.298 e. The molecule has 0 fully saturated rings. The highest BCUT2D eigenvalue weighted by molar-refractivity contribution is 8.13. The standard InChI is InChI=1S/C13H14N4OS/c1-3-19-13-15-12(18)11-9-6-4-5-7-10(9)14-8(2)17(11)16-13/h4-8H,3H2,1-2H3,(H,15,16,18)/t8-/m1/s1. The molecule has 19 heavy (non-hydrogen) atoms. The lowest BCUT2D eigenvalue weighted by atomic mass is 10.2. The quantitative estimate of drug-likeness (QED) is 0.797. The Labute approximate surface area is 115 Å². The van der Waals surface area contributed by atoms with E-state index in [-0.39, 0.29) is 12.1 Å². The van der Waals surface area contributed by atoms with E-state index in [0.717, 1.165) is 16.3 Å². The zero-order valence-electron chi connectivity index (χ0n) is 10.8. The van der Waals surface area contributed by atoms with Crippen LogP contribution in [-0.2, 0) is 4.79 Å². The number of hydrogen-bond acceptors (Lipinski definition) is 5. The summed E-state index contributed by atoms with van der Waals surface area (Å²) >= 11 is 1.52. The zero-order chi connectivity index (χ0) is 13.4. The van der Waals surface area contributed by atoms with Crippen LogP contribution in [0.3, 0.4) is 0 Å². The van der Waals surface area contributed by atoms with Gasteiger partial charge in [0.2, 0.25) is 0 Å². The van der Waals surface area contributed by atoms with Gasteiger partial charge in [0.25, 0.3) is 5.91 Å². The Morgan fingerprint density at radius 3 is 3.00 bits per heavy atom. The Morgan fingerprint density at radius 2 is 2.21 bits per heavy atom. The van der Waals surface area contributed by atoms with E-state index in [1.54, 1.807) is 5.01 Å². The maximum absolute atomic E-state index is 12.3. The van der Waals surface area contributed by atoms with Crippen molar-refractivity contribution < 1.29 is 4.79 Å². The number of amides is 1. The van der Waals surface area contributed by atoms with Gasteiger partial charge in [-0.25, -0.2) is 5.01 Å². The average molecular weight is 274 g/mol. The van der Waals surface area contributed by atoms with E-state index in [1.165, 1.54) is 11.8 Å². The van der Waals surface area contributed by atoms with Crippen LogP contribution < -0.4 is 15.9 Å². The van der Waals surface area contributed by atoms with Gasteiger partial charge in [0, 0.05) is 5.22 Å². The van der Waals surface area contributed by atoms with E-state index in [4.69, 9.17) is 0 Å². The first-order valence-corrected chi connectivity index (χ1v) is 7.18. The molecule has 0 unspecified atom stereocenters. The third-order valence-electron chi connectivity index (χ3n) is 2.98. The van der Waals surface area contributed by atoms with Crippen molar-refractivity contribution in [2.45, 2.75) is 20.0 Å². The fourth-order valence-corrected chi connectivity index (χ4v) is 2.78. The SMILES string of the molecule is CCSC1=NN2C(=c3ccccc3=N[C@H]2C)C(=O)N1. The number of fused-ring (bicyclic) bond motifs is 2. The summed E-state index contributed by atoms with van der Waals surface area (Å²) in [4.78, 5) is 16.9. The molecule has 1 aromatic carbocycles. The summed E-state index contributed by atoms with van der Waals surface area (Å²) in [6.07, 6.45) is -0.164. The molecular weight excluding hydrogens is 260 g/mol. The second-order valence-electron chi connectivity index (χ2n) is 4.26. The summed E-state index contributed by atoms with van der Waals surface area (Å²) in [5, 5.41) is 11.3. The number of thioether (sulfide) groups is 1. The first-order chi connectivity index (χ1) is 9.20. The average Bonchev–Trinajstić information content (AvgIpc) is 2.39. The number of hydrazone groups is 1. The van der Waals surface area contributed by atoms with E-state index in [9.17, 15) is 4.79 Å². The number of nitrogens with one attached hydrogen (secondary N) is 1. The molecule has 1 amide bonds. The highest BCUT2D eigenvalue weighted by Gasteiger charge is 2.30. The highest BCUT2D eigenvalue weighted by atomic mass is 32.2. The predicted octanol–water partition coefficient (Wildman–Crippen LogP) is 0.230. The maximum Gasteiger partial charge on any atom is 0.276 e. The summed E-state index contributed by atoms with van der Waals surface area (Å²) in [6.45, 7) is 3.96. The highest BCUT2D eigenvalue weighted by Crippen LogP contribution is 2.19. The molecule has 0 spiro atoms. The monoisotopic (exact) mass is 274 g/mol. The first kappa shape index (κ1) is 12.2. The minimum absolute atomic E-state index is 0.111. The molecule has 2 heterocycles. The van der Waals surface area contributed by atoms with Gasteiger partial charge < -0.3 is 0 Å². The topological polar surface area (TPSA) is 57.1 Å². The van der Waals surface area contributed by atoms with Gasteiger partial charge in [-0.1, -0.05) is 36.9 Å². The molecule has 0 aromatic heterocycles. The van der Waals surface area contributed by atoms with Gasteiger partial charge in [-0.15, -0.1) is 5.10 Å². The molecule has 0 saturated heterocycles. The number of benzene rings is 1. The maximum atomic E-state index is 12.3. The van der Waals surface area contributed by atoms with Crippen LogP contribution in [0.5, 0.6) is 0 Å². The van der Waals surface area contributed by atoms with Crippen LogP contribution >= 0.6 is 11.8 Å². The van der Waals surface area contributed by atoms with Crippen molar-refractivity contribution in [3.63, 3.8) is 0 Å². The van der Waals surface area contributed by atoms with E-state index >= 15 is 0 Å². The van der Waals surface area contributed by atoms with E-state index in [0.29, 0.717) is 10.9 Å². The molecule has 1 aromatic rings. The fourth-order valence-electron chi connectivity index (χ4n) is 2.19. The van der Waals surface area contributed by atoms with Gasteiger partial charge in [0.05, 0.1) is 5.36 Å². The van der Waals surface area contributed by atoms with Gasteiger partial charge in [0.1, 0.15) is 11.9 Å². The van der Waals surface area contributed by atoms with E-state index in [2.05, 4.69) is 15.4 Å². The Morgan fingerprint density at radius 1 is 1.42 bits per heavy atom. The van der Waals surface area contributed by atoms with Crippen molar-refractivity contribution >= 4 is 28.5 Å². The lowest BCUT2D eigenvalue weighted by Crippen LogP contribution is -2.51. The van der Waals surface area contributed by atoms with E-state index in [1.807, 2.05) is 38.1 Å². The molecule has 0 saturated carbocycles. The minimum atomic E-state index is -0.164. The van der Waals surface area contributed by atoms with Crippen molar-refractivity contribution in [1.29, 1.82) is 0 Å². The molecule has 98 valence electrons. The second-order valence-corrected chi connectivity index (χ2v) is 5.52. The Balaban J connectivity index is 2.21. The van der Waals surface area contributed by atoms with Crippen molar-refractivity contribution in [3.8, 4) is 0 Å². The van der Waals surface area contributed by atoms with Gasteiger partial charge in [-0.05, 0) is 18.7 Å². The van der Waals surface area contributed by atoms with Crippen molar-refractivity contribution in [3.05, 3.63) is 34.8 Å². The number of para-hydroxylation sites is 1. The molecule has 3 rings (SSSR count). The van der Waals surface area contributed by atoms with Crippen LogP contribution in [0.25, 0.3) is 5.70 Å². The van der Waals surface area contributed by atoms with Crippen molar-refractivity contribution in [2.24, 2.45) is 10.1 Å². The van der Waals surface area contributed by atoms with Gasteiger partial charge >= 0.3 is 0 Å². The Kier molecular flexibility index (Phi) is 3.02. The van der Waals surface area contributed by atoms with Crippen LogP contribution in [0.1, 0.15) is 13.8 Å². The van der Waals surface area contributed by atoms with Gasteiger partial charge in [-0.3, -0.25) is 15.1 Å². The summed E-state index contributed by atoms with van der Waals surface area (Å²) in [6, 6.07) is 7.65. The van der Waals surface area contributed by atoms with Gasteiger partial charge in [0.15, 0.2) is 5.17 Å². The third-order valence-corrected chi connectivity index (χ3v) is 3.73. The zero-order valence-corrected chi connectivity index (χ0v) is 11.6. The molecule has 1 atom stereocenters. The predicted molar refractivity (Wildman–Crippen MR) is 75.6 cm³/mol. The number of carbonyl (C=O) groups excluding carboxylic acids is 1. The number of nitrogens with zero attached hydrogens (tertiary/aromatic N) is 3. The Hall–Kier alpha value is -1.82. The number of amidine groups is 1.